The number of hydrogen-bond donors (Lipinski definition) is 1. The maximum atomic E-state index is 12.4. The van der Waals surface area contributed by atoms with Crippen molar-refractivity contribution in [1.82, 2.24) is 0 Å². The molecule has 0 saturated heterocycles. The minimum atomic E-state index is -0.212. The van der Waals surface area contributed by atoms with Crippen molar-refractivity contribution < 1.29 is 23.7 Å². The number of carbonyl (C=O) groups is 1. The summed E-state index contributed by atoms with van der Waals surface area (Å²) in [6, 6.07) is 9.59. The number of anilines is 1. The van der Waals surface area contributed by atoms with Gasteiger partial charge in [0.25, 0.3) is 0 Å². The topological polar surface area (TPSA) is 66.0 Å². The first kappa shape index (κ1) is 18.9. The van der Waals surface area contributed by atoms with Crippen molar-refractivity contribution in [3.63, 3.8) is 0 Å². The van der Waals surface area contributed by atoms with Crippen molar-refractivity contribution in [3.05, 3.63) is 41.5 Å². The maximum absolute atomic E-state index is 12.4. The summed E-state index contributed by atoms with van der Waals surface area (Å²) in [5.74, 6) is 2.07. The molecule has 3 rings (SSSR count). The fourth-order valence-corrected chi connectivity index (χ4v) is 3.49. The number of benzene rings is 2. The van der Waals surface area contributed by atoms with Crippen LogP contribution in [0.1, 0.15) is 36.8 Å². The highest BCUT2D eigenvalue weighted by atomic mass is 16.5. The van der Waals surface area contributed by atoms with Crippen LogP contribution in [0.25, 0.3) is 0 Å². The third-order valence-corrected chi connectivity index (χ3v) is 4.64. The SMILES string of the molecule is CCCOc1ccccc1C1CC(=O)Nc2cc(OC)c(OC)c(OC)c21. The lowest BCUT2D eigenvalue weighted by Gasteiger charge is -2.30. The molecule has 0 bridgehead atoms. The van der Waals surface area contributed by atoms with Gasteiger partial charge in [-0.25, -0.2) is 0 Å². The van der Waals surface area contributed by atoms with E-state index in [0.29, 0.717) is 36.0 Å². The van der Waals surface area contributed by atoms with E-state index >= 15 is 0 Å². The third-order valence-electron chi connectivity index (χ3n) is 4.64. The number of para-hydroxylation sites is 1. The summed E-state index contributed by atoms with van der Waals surface area (Å²) in [7, 11) is 4.71. The van der Waals surface area contributed by atoms with Crippen LogP contribution in [0.3, 0.4) is 0 Å². The molecule has 0 saturated carbocycles. The largest absolute Gasteiger partial charge is 0.493 e. The Bertz CT molecular complexity index is 834. The lowest BCUT2D eigenvalue weighted by Crippen LogP contribution is -2.25. The van der Waals surface area contributed by atoms with Crippen LogP contribution in [0.2, 0.25) is 0 Å². The Morgan fingerprint density at radius 1 is 1.04 bits per heavy atom. The number of methoxy groups -OCH3 is 3. The minimum absolute atomic E-state index is 0.0629. The van der Waals surface area contributed by atoms with Crippen LogP contribution < -0.4 is 24.3 Å². The summed E-state index contributed by atoms with van der Waals surface area (Å²) < 4.78 is 22.6. The fraction of sp³-hybridized carbons (Fsp3) is 0.381. The molecule has 1 aliphatic heterocycles. The Labute approximate surface area is 159 Å². The highest BCUT2D eigenvalue weighted by molar-refractivity contribution is 5.97. The highest BCUT2D eigenvalue weighted by Gasteiger charge is 2.34. The fourth-order valence-electron chi connectivity index (χ4n) is 3.49. The first-order valence-electron chi connectivity index (χ1n) is 8.99. The van der Waals surface area contributed by atoms with Crippen molar-refractivity contribution in [2.75, 3.05) is 33.3 Å². The van der Waals surface area contributed by atoms with Gasteiger partial charge in [-0.1, -0.05) is 25.1 Å². The zero-order valence-corrected chi connectivity index (χ0v) is 16.1. The van der Waals surface area contributed by atoms with Crippen molar-refractivity contribution in [2.24, 2.45) is 0 Å². The number of ether oxygens (including phenoxy) is 4. The normalized spacial score (nSPS) is 15.6. The Hall–Kier alpha value is -2.89. The van der Waals surface area contributed by atoms with Crippen LogP contribution in [0.4, 0.5) is 5.69 Å². The molecule has 27 heavy (non-hydrogen) atoms. The average Bonchev–Trinajstić information content (AvgIpc) is 2.70. The van der Waals surface area contributed by atoms with E-state index in [2.05, 4.69) is 12.2 Å². The summed E-state index contributed by atoms with van der Waals surface area (Å²) in [6.07, 6.45) is 1.20. The minimum Gasteiger partial charge on any atom is -0.493 e. The van der Waals surface area contributed by atoms with Gasteiger partial charge in [-0.15, -0.1) is 0 Å². The summed E-state index contributed by atoms with van der Waals surface area (Å²) in [4.78, 5) is 12.4. The highest BCUT2D eigenvalue weighted by Crippen LogP contribution is 2.52. The van der Waals surface area contributed by atoms with Gasteiger partial charge in [-0.2, -0.15) is 0 Å². The van der Waals surface area contributed by atoms with E-state index in [9.17, 15) is 4.79 Å². The maximum Gasteiger partial charge on any atom is 0.225 e. The van der Waals surface area contributed by atoms with E-state index in [1.165, 1.54) is 0 Å². The Morgan fingerprint density at radius 2 is 1.78 bits per heavy atom. The Morgan fingerprint density at radius 3 is 2.44 bits per heavy atom. The quantitative estimate of drug-likeness (QED) is 0.798. The van der Waals surface area contributed by atoms with Crippen molar-refractivity contribution in [1.29, 1.82) is 0 Å². The molecule has 1 atom stereocenters. The second-order valence-electron chi connectivity index (χ2n) is 6.30. The molecule has 2 aromatic rings. The molecular weight excluding hydrogens is 346 g/mol. The first-order chi connectivity index (χ1) is 13.1. The molecule has 1 aliphatic rings. The molecule has 0 aliphatic carbocycles. The molecule has 1 heterocycles. The third kappa shape index (κ3) is 3.52. The molecule has 1 N–H and O–H groups in total. The molecule has 0 aromatic heterocycles. The molecule has 144 valence electrons. The summed E-state index contributed by atoms with van der Waals surface area (Å²) in [5, 5.41) is 2.93. The molecule has 1 amide bonds. The first-order valence-corrected chi connectivity index (χ1v) is 8.99. The van der Waals surface area contributed by atoms with Crippen molar-refractivity contribution in [2.45, 2.75) is 25.7 Å². The van der Waals surface area contributed by atoms with Gasteiger partial charge in [0.1, 0.15) is 5.75 Å². The second-order valence-corrected chi connectivity index (χ2v) is 6.30. The number of fused-ring (bicyclic) bond motifs is 1. The second kappa shape index (κ2) is 8.20. The van der Waals surface area contributed by atoms with Gasteiger partial charge in [-0.3, -0.25) is 4.79 Å². The van der Waals surface area contributed by atoms with E-state index in [1.807, 2.05) is 24.3 Å². The number of hydrogen-bond acceptors (Lipinski definition) is 5. The molecule has 2 aromatic carbocycles. The molecule has 6 nitrogen and oxygen atoms in total. The van der Waals surface area contributed by atoms with Gasteiger partial charge in [0.15, 0.2) is 11.5 Å². The van der Waals surface area contributed by atoms with Crippen LogP contribution in [-0.4, -0.2) is 33.8 Å². The number of carbonyl (C=O) groups excluding carboxylic acids is 1. The molecule has 0 fully saturated rings. The van der Waals surface area contributed by atoms with Crippen LogP contribution in [0.15, 0.2) is 30.3 Å². The molecule has 6 heteroatoms. The van der Waals surface area contributed by atoms with E-state index in [4.69, 9.17) is 18.9 Å². The lowest BCUT2D eigenvalue weighted by molar-refractivity contribution is -0.116. The standard InChI is InChI=1S/C21H25NO5/c1-5-10-27-16-9-7-6-8-13(16)14-11-18(23)22-15-12-17(24-2)20(25-3)21(26-4)19(14)15/h6-9,12,14H,5,10-11H2,1-4H3,(H,22,23). The smallest absolute Gasteiger partial charge is 0.225 e. The van der Waals surface area contributed by atoms with Gasteiger partial charge in [0.05, 0.1) is 33.6 Å². The van der Waals surface area contributed by atoms with Gasteiger partial charge in [-0.05, 0) is 12.5 Å². The Balaban J connectivity index is 2.20. The van der Waals surface area contributed by atoms with Gasteiger partial charge < -0.3 is 24.3 Å². The molecular formula is C21H25NO5. The van der Waals surface area contributed by atoms with Crippen LogP contribution in [0, 0.1) is 0 Å². The van der Waals surface area contributed by atoms with E-state index in [0.717, 1.165) is 23.3 Å². The van der Waals surface area contributed by atoms with Crippen molar-refractivity contribution >= 4 is 11.6 Å². The number of rotatable bonds is 7. The zero-order valence-electron chi connectivity index (χ0n) is 16.1. The van der Waals surface area contributed by atoms with E-state index < -0.39 is 0 Å². The van der Waals surface area contributed by atoms with Crippen LogP contribution >= 0.6 is 0 Å². The van der Waals surface area contributed by atoms with Gasteiger partial charge >= 0.3 is 0 Å². The summed E-state index contributed by atoms with van der Waals surface area (Å²) in [6.45, 7) is 2.68. The Kier molecular flexibility index (Phi) is 5.74. The zero-order chi connectivity index (χ0) is 19.4. The van der Waals surface area contributed by atoms with E-state index in [-0.39, 0.29) is 11.8 Å². The number of amides is 1. The predicted molar refractivity (Wildman–Crippen MR) is 103 cm³/mol. The monoisotopic (exact) mass is 371 g/mol. The predicted octanol–water partition coefficient (Wildman–Crippen LogP) is 3.98. The lowest BCUT2D eigenvalue weighted by atomic mass is 9.83. The average molecular weight is 371 g/mol. The van der Waals surface area contributed by atoms with Crippen LogP contribution in [0.5, 0.6) is 23.0 Å². The van der Waals surface area contributed by atoms with Crippen molar-refractivity contribution in [3.8, 4) is 23.0 Å². The molecule has 0 radical (unpaired) electrons. The summed E-state index contributed by atoms with van der Waals surface area (Å²) in [5.41, 5.74) is 2.48. The summed E-state index contributed by atoms with van der Waals surface area (Å²) >= 11 is 0. The van der Waals surface area contributed by atoms with Crippen LogP contribution in [-0.2, 0) is 4.79 Å². The molecule has 0 spiro atoms. The van der Waals surface area contributed by atoms with Gasteiger partial charge in [0.2, 0.25) is 11.7 Å². The van der Waals surface area contributed by atoms with E-state index in [1.54, 1.807) is 27.4 Å². The number of nitrogens with one attached hydrogen (secondary N) is 1. The van der Waals surface area contributed by atoms with Gasteiger partial charge in [0, 0.05) is 29.5 Å². The molecule has 1 unspecified atom stereocenters.